The summed E-state index contributed by atoms with van der Waals surface area (Å²) in [5.41, 5.74) is 0. The summed E-state index contributed by atoms with van der Waals surface area (Å²) in [6.45, 7) is 2.57. The second kappa shape index (κ2) is 7.76. The molecule has 0 aromatic carbocycles. The van der Waals surface area contributed by atoms with Gasteiger partial charge in [-0.1, -0.05) is 6.92 Å². The molecule has 1 aliphatic carbocycles. The molecule has 6 nitrogen and oxygen atoms in total. The van der Waals surface area contributed by atoms with Crippen LogP contribution in [0, 0.1) is 11.8 Å². The molecule has 0 atom stereocenters. The molecule has 0 aromatic rings. The highest BCUT2D eigenvalue weighted by Crippen LogP contribution is 2.28. The molecule has 0 aliphatic heterocycles. The summed E-state index contributed by atoms with van der Waals surface area (Å²) in [6, 6.07) is 0. The Balaban J connectivity index is 2.24. The Morgan fingerprint density at radius 3 is 2.16 bits per heavy atom. The van der Waals surface area contributed by atoms with Gasteiger partial charge in [-0.15, -0.1) is 0 Å². The second-order valence-electron chi connectivity index (χ2n) is 4.95. The smallest absolute Gasteiger partial charge is 0.306 e. The lowest BCUT2D eigenvalue weighted by Crippen LogP contribution is -2.41. The van der Waals surface area contributed by atoms with E-state index in [0.29, 0.717) is 32.2 Å². The Bertz CT molecular complexity index is 336. The van der Waals surface area contributed by atoms with Crippen LogP contribution in [0.4, 0.5) is 0 Å². The highest BCUT2D eigenvalue weighted by atomic mass is 16.4. The van der Waals surface area contributed by atoms with E-state index in [4.69, 9.17) is 5.11 Å². The van der Waals surface area contributed by atoms with Gasteiger partial charge in [-0.3, -0.25) is 14.4 Å². The van der Waals surface area contributed by atoms with Crippen molar-refractivity contribution in [1.82, 2.24) is 10.6 Å². The molecular formula is C13H22N2O4. The summed E-state index contributed by atoms with van der Waals surface area (Å²) in [6.07, 6.45) is 3.10. The summed E-state index contributed by atoms with van der Waals surface area (Å²) >= 11 is 0. The molecule has 1 saturated carbocycles. The Labute approximate surface area is 112 Å². The molecule has 0 saturated heterocycles. The lowest BCUT2D eigenvalue weighted by atomic mass is 9.81. The first-order valence-corrected chi connectivity index (χ1v) is 6.81. The number of carbonyl (C=O) groups excluding carboxylic acids is 2. The molecule has 0 heterocycles. The summed E-state index contributed by atoms with van der Waals surface area (Å²) < 4.78 is 0. The van der Waals surface area contributed by atoms with Crippen molar-refractivity contribution in [2.24, 2.45) is 11.8 Å². The van der Waals surface area contributed by atoms with E-state index < -0.39 is 5.97 Å². The van der Waals surface area contributed by atoms with Crippen molar-refractivity contribution < 1.29 is 19.5 Å². The minimum absolute atomic E-state index is 0.00229. The highest BCUT2D eigenvalue weighted by Gasteiger charge is 2.29. The molecule has 0 bridgehead atoms. The molecule has 0 spiro atoms. The standard InChI is InChI=1S/C13H22N2O4/c1-2-7-14-11(16)8-15-12(17)9-3-5-10(6-4-9)13(18)19/h9-10H,2-8H2,1H3,(H,14,16)(H,15,17)(H,18,19). The van der Waals surface area contributed by atoms with Gasteiger partial charge in [-0.25, -0.2) is 0 Å². The maximum Gasteiger partial charge on any atom is 0.306 e. The number of carboxylic acid groups (broad SMARTS) is 1. The van der Waals surface area contributed by atoms with Gasteiger partial charge in [0.15, 0.2) is 0 Å². The van der Waals surface area contributed by atoms with Gasteiger partial charge in [0.1, 0.15) is 0 Å². The van der Waals surface area contributed by atoms with Crippen LogP contribution in [0.1, 0.15) is 39.0 Å². The van der Waals surface area contributed by atoms with Gasteiger partial charge in [0.2, 0.25) is 11.8 Å². The number of rotatable bonds is 6. The first kappa shape index (κ1) is 15.5. The third-order valence-electron chi connectivity index (χ3n) is 3.44. The zero-order chi connectivity index (χ0) is 14.3. The average Bonchev–Trinajstić information content (AvgIpc) is 2.42. The molecule has 6 heteroatoms. The Morgan fingerprint density at radius 1 is 1.05 bits per heavy atom. The van der Waals surface area contributed by atoms with Crippen LogP contribution in [0.5, 0.6) is 0 Å². The molecule has 3 N–H and O–H groups in total. The van der Waals surface area contributed by atoms with E-state index >= 15 is 0 Å². The molecule has 1 aliphatic rings. The second-order valence-corrected chi connectivity index (χ2v) is 4.95. The van der Waals surface area contributed by atoms with Crippen LogP contribution in [0.25, 0.3) is 0 Å². The van der Waals surface area contributed by atoms with Crippen molar-refractivity contribution in [3.05, 3.63) is 0 Å². The number of hydrogen-bond donors (Lipinski definition) is 3. The predicted molar refractivity (Wildman–Crippen MR) is 69.4 cm³/mol. The normalized spacial score (nSPS) is 22.6. The van der Waals surface area contributed by atoms with E-state index in [-0.39, 0.29) is 30.2 Å². The lowest BCUT2D eigenvalue weighted by Gasteiger charge is -2.25. The van der Waals surface area contributed by atoms with Gasteiger partial charge in [-0.2, -0.15) is 0 Å². The fourth-order valence-corrected chi connectivity index (χ4v) is 2.24. The van der Waals surface area contributed by atoms with Crippen LogP contribution < -0.4 is 10.6 Å². The molecule has 108 valence electrons. The molecule has 2 amide bonds. The maximum atomic E-state index is 11.8. The quantitative estimate of drug-likeness (QED) is 0.655. The highest BCUT2D eigenvalue weighted by molar-refractivity contribution is 5.85. The number of hydrogen-bond acceptors (Lipinski definition) is 3. The van der Waals surface area contributed by atoms with Crippen LogP contribution in [-0.2, 0) is 14.4 Å². The minimum Gasteiger partial charge on any atom is -0.481 e. The molecule has 0 aromatic heterocycles. The zero-order valence-electron chi connectivity index (χ0n) is 11.3. The van der Waals surface area contributed by atoms with Gasteiger partial charge < -0.3 is 15.7 Å². The van der Waals surface area contributed by atoms with Crippen LogP contribution in [0.3, 0.4) is 0 Å². The lowest BCUT2D eigenvalue weighted by molar-refractivity contribution is -0.144. The molecule has 0 radical (unpaired) electrons. The number of carboxylic acids is 1. The van der Waals surface area contributed by atoms with Crippen molar-refractivity contribution in [2.45, 2.75) is 39.0 Å². The van der Waals surface area contributed by atoms with Gasteiger partial charge in [-0.05, 0) is 32.1 Å². The van der Waals surface area contributed by atoms with Gasteiger partial charge in [0.05, 0.1) is 12.5 Å². The summed E-state index contributed by atoms with van der Waals surface area (Å²) in [5.74, 6) is -1.59. The van der Waals surface area contributed by atoms with Crippen molar-refractivity contribution in [2.75, 3.05) is 13.1 Å². The number of amides is 2. The topological polar surface area (TPSA) is 95.5 Å². The van der Waals surface area contributed by atoms with Crippen molar-refractivity contribution in [1.29, 1.82) is 0 Å². The predicted octanol–water partition coefficient (Wildman–Crippen LogP) is 0.520. The Hall–Kier alpha value is -1.59. The largest absolute Gasteiger partial charge is 0.481 e. The zero-order valence-corrected chi connectivity index (χ0v) is 11.3. The molecule has 19 heavy (non-hydrogen) atoms. The number of aliphatic carboxylic acids is 1. The number of carbonyl (C=O) groups is 3. The van der Waals surface area contributed by atoms with E-state index in [1.165, 1.54) is 0 Å². The fourth-order valence-electron chi connectivity index (χ4n) is 2.24. The summed E-state index contributed by atoms with van der Waals surface area (Å²) in [5, 5.41) is 14.2. The van der Waals surface area contributed by atoms with Gasteiger partial charge >= 0.3 is 5.97 Å². The van der Waals surface area contributed by atoms with E-state index in [1.807, 2.05) is 6.92 Å². The minimum atomic E-state index is -0.780. The van der Waals surface area contributed by atoms with E-state index in [0.717, 1.165) is 6.42 Å². The molecular weight excluding hydrogens is 248 g/mol. The van der Waals surface area contributed by atoms with Crippen molar-refractivity contribution >= 4 is 17.8 Å². The molecule has 1 fully saturated rings. The van der Waals surface area contributed by atoms with Crippen molar-refractivity contribution in [3.8, 4) is 0 Å². The summed E-state index contributed by atoms with van der Waals surface area (Å²) in [4.78, 5) is 33.9. The number of nitrogens with one attached hydrogen (secondary N) is 2. The van der Waals surface area contributed by atoms with Crippen LogP contribution >= 0.6 is 0 Å². The maximum absolute atomic E-state index is 11.8. The van der Waals surface area contributed by atoms with Gasteiger partial charge in [0, 0.05) is 12.5 Å². The van der Waals surface area contributed by atoms with Crippen LogP contribution in [0.2, 0.25) is 0 Å². The van der Waals surface area contributed by atoms with E-state index in [9.17, 15) is 14.4 Å². The molecule has 0 unspecified atom stereocenters. The Kier molecular flexibility index (Phi) is 6.32. The Morgan fingerprint density at radius 2 is 1.63 bits per heavy atom. The third kappa shape index (κ3) is 5.28. The first-order chi connectivity index (χ1) is 9.04. The van der Waals surface area contributed by atoms with E-state index in [2.05, 4.69) is 10.6 Å². The summed E-state index contributed by atoms with van der Waals surface area (Å²) in [7, 11) is 0. The van der Waals surface area contributed by atoms with Crippen molar-refractivity contribution in [3.63, 3.8) is 0 Å². The monoisotopic (exact) mass is 270 g/mol. The first-order valence-electron chi connectivity index (χ1n) is 6.81. The van der Waals surface area contributed by atoms with Gasteiger partial charge in [0.25, 0.3) is 0 Å². The van der Waals surface area contributed by atoms with Crippen LogP contribution in [0.15, 0.2) is 0 Å². The SMILES string of the molecule is CCCNC(=O)CNC(=O)C1CCC(C(=O)O)CC1. The fraction of sp³-hybridized carbons (Fsp3) is 0.769. The van der Waals surface area contributed by atoms with E-state index in [1.54, 1.807) is 0 Å². The van der Waals surface area contributed by atoms with Crippen LogP contribution in [-0.4, -0.2) is 36.0 Å². The third-order valence-corrected chi connectivity index (χ3v) is 3.44. The average molecular weight is 270 g/mol. The molecule has 1 rings (SSSR count).